The van der Waals surface area contributed by atoms with E-state index in [-0.39, 0.29) is 0 Å². The van der Waals surface area contributed by atoms with Crippen molar-refractivity contribution in [3.63, 3.8) is 0 Å². The van der Waals surface area contributed by atoms with Crippen LogP contribution < -0.4 is 0 Å². The number of hydrogen-bond donors (Lipinski definition) is 0. The summed E-state index contributed by atoms with van der Waals surface area (Å²) in [5, 5.41) is 0. The average Bonchev–Trinajstić information content (AvgIpc) is 2.10. The molecule has 0 saturated heterocycles. The molecule has 1 aromatic rings. The van der Waals surface area contributed by atoms with E-state index < -0.39 is 0 Å². The molecule has 0 bridgehead atoms. The van der Waals surface area contributed by atoms with Crippen molar-refractivity contribution in [1.82, 2.24) is 0 Å². The zero-order valence-corrected chi connectivity index (χ0v) is 7.01. The van der Waals surface area contributed by atoms with E-state index in [0.29, 0.717) is 0 Å². The van der Waals surface area contributed by atoms with Gasteiger partial charge in [0.2, 0.25) is 0 Å². The van der Waals surface area contributed by atoms with Crippen molar-refractivity contribution in [2.45, 2.75) is 27.2 Å². The molecule has 0 N–H and O–H groups in total. The maximum atomic E-state index is 2.28. The third-order valence-corrected chi connectivity index (χ3v) is 2.53. The SMILES string of the molecule is CCc1cc(C)sc1C. The molecular formula is C8H12S. The van der Waals surface area contributed by atoms with Crippen molar-refractivity contribution in [2.24, 2.45) is 0 Å². The molecule has 50 valence electrons. The van der Waals surface area contributed by atoms with Gasteiger partial charge in [0.1, 0.15) is 0 Å². The van der Waals surface area contributed by atoms with Crippen LogP contribution in [0.3, 0.4) is 0 Å². The Bertz CT molecular complexity index is 198. The minimum absolute atomic E-state index is 1.18. The van der Waals surface area contributed by atoms with Crippen molar-refractivity contribution in [3.8, 4) is 0 Å². The van der Waals surface area contributed by atoms with Crippen molar-refractivity contribution in [1.29, 1.82) is 0 Å². The van der Waals surface area contributed by atoms with Crippen molar-refractivity contribution < 1.29 is 0 Å². The highest BCUT2D eigenvalue weighted by molar-refractivity contribution is 7.12. The van der Waals surface area contributed by atoms with E-state index in [1.165, 1.54) is 21.7 Å². The number of thiophene rings is 1. The van der Waals surface area contributed by atoms with Crippen LogP contribution in [0.15, 0.2) is 6.07 Å². The Kier molecular flexibility index (Phi) is 1.91. The normalized spacial score (nSPS) is 10.1. The molecule has 0 spiro atoms. The number of rotatable bonds is 1. The molecule has 9 heavy (non-hydrogen) atoms. The Morgan fingerprint density at radius 3 is 2.33 bits per heavy atom. The fraction of sp³-hybridized carbons (Fsp3) is 0.500. The summed E-state index contributed by atoms with van der Waals surface area (Å²) < 4.78 is 0. The van der Waals surface area contributed by atoms with Gasteiger partial charge in [-0.1, -0.05) is 6.92 Å². The number of aryl methyl sites for hydroxylation is 3. The van der Waals surface area contributed by atoms with E-state index in [2.05, 4.69) is 26.8 Å². The monoisotopic (exact) mass is 140 g/mol. The van der Waals surface area contributed by atoms with Crippen LogP contribution in [0.4, 0.5) is 0 Å². The maximum Gasteiger partial charge on any atom is 0.00489 e. The first-order valence-electron chi connectivity index (χ1n) is 3.30. The molecule has 0 saturated carbocycles. The summed E-state index contributed by atoms with van der Waals surface area (Å²) in [7, 11) is 0. The second-order valence-electron chi connectivity index (χ2n) is 2.29. The van der Waals surface area contributed by atoms with E-state index in [9.17, 15) is 0 Å². The van der Waals surface area contributed by atoms with E-state index in [1.54, 1.807) is 0 Å². The molecule has 0 fully saturated rings. The van der Waals surface area contributed by atoms with Crippen LogP contribution in [0.1, 0.15) is 22.2 Å². The standard InChI is InChI=1S/C8H12S/c1-4-8-5-6(2)9-7(8)3/h5H,4H2,1-3H3. The molecule has 0 amide bonds. The van der Waals surface area contributed by atoms with Gasteiger partial charge in [-0.05, 0) is 31.9 Å². The van der Waals surface area contributed by atoms with E-state index >= 15 is 0 Å². The predicted octanol–water partition coefficient (Wildman–Crippen LogP) is 2.93. The van der Waals surface area contributed by atoms with Gasteiger partial charge in [-0.25, -0.2) is 0 Å². The predicted molar refractivity (Wildman–Crippen MR) is 43.2 cm³/mol. The zero-order valence-electron chi connectivity index (χ0n) is 6.19. The third kappa shape index (κ3) is 1.33. The molecule has 1 aromatic heterocycles. The summed E-state index contributed by atoms with van der Waals surface area (Å²) in [6.45, 7) is 6.56. The molecule has 0 radical (unpaired) electrons. The lowest BCUT2D eigenvalue weighted by Crippen LogP contribution is -1.74. The van der Waals surface area contributed by atoms with Gasteiger partial charge in [-0.2, -0.15) is 0 Å². The highest BCUT2D eigenvalue weighted by Crippen LogP contribution is 2.20. The second kappa shape index (κ2) is 2.53. The smallest absolute Gasteiger partial charge is 0.00489 e. The molecule has 0 aromatic carbocycles. The molecule has 0 nitrogen and oxygen atoms in total. The maximum absolute atomic E-state index is 2.28. The van der Waals surface area contributed by atoms with Gasteiger partial charge >= 0.3 is 0 Å². The third-order valence-electron chi connectivity index (χ3n) is 1.52. The Balaban J connectivity index is 3.01. The first-order chi connectivity index (χ1) is 4.24. The first kappa shape index (κ1) is 6.81. The minimum Gasteiger partial charge on any atom is -0.146 e. The van der Waals surface area contributed by atoms with Gasteiger partial charge in [0.25, 0.3) is 0 Å². The summed E-state index contributed by atoms with van der Waals surface area (Å²) in [6.07, 6.45) is 1.18. The summed E-state index contributed by atoms with van der Waals surface area (Å²) >= 11 is 1.89. The van der Waals surface area contributed by atoms with Gasteiger partial charge in [0.15, 0.2) is 0 Å². The van der Waals surface area contributed by atoms with Crippen LogP contribution in [0.25, 0.3) is 0 Å². The van der Waals surface area contributed by atoms with Gasteiger partial charge < -0.3 is 0 Å². The van der Waals surface area contributed by atoms with Crippen molar-refractivity contribution >= 4 is 11.3 Å². The molecule has 1 rings (SSSR count). The molecule has 1 heterocycles. The van der Waals surface area contributed by atoms with Crippen LogP contribution in [0.5, 0.6) is 0 Å². The van der Waals surface area contributed by atoms with Crippen molar-refractivity contribution in [3.05, 3.63) is 21.4 Å². The van der Waals surface area contributed by atoms with Crippen LogP contribution in [0.2, 0.25) is 0 Å². The Labute approximate surface area is 60.5 Å². The van der Waals surface area contributed by atoms with E-state index in [0.717, 1.165) is 0 Å². The molecule has 0 aliphatic heterocycles. The van der Waals surface area contributed by atoms with Crippen LogP contribution in [-0.4, -0.2) is 0 Å². The molecule has 0 aliphatic carbocycles. The van der Waals surface area contributed by atoms with Gasteiger partial charge in [0, 0.05) is 9.75 Å². The molecule has 0 aliphatic rings. The molecule has 1 heteroatoms. The largest absolute Gasteiger partial charge is 0.146 e. The molecule has 0 unspecified atom stereocenters. The van der Waals surface area contributed by atoms with E-state index in [4.69, 9.17) is 0 Å². The lowest BCUT2D eigenvalue weighted by Gasteiger charge is -1.87. The van der Waals surface area contributed by atoms with E-state index in [1.807, 2.05) is 11.3 Å². The van der Waals surface area contributed by atoms with Crippen molar-refractivity contribution in [2.75, 3.05) is 0 Å². The minimum atomic E-state index is 1.18. The Morgan fingerprint density at radius 2 is 2.11 bits per heavy atom. The first-order valence-corrected chi connectivity index (χ1v) is 4.11. The Morgan fingerprint density at radius 1 is 1.44 bits per heavy atom. The quantitative estimate of drug-likeness (QED) is 0.562. The summed E-state index contributed by atoms with van der Waals surface area (Å²) in [4.78, 5) is 2.92. The summed E-state index contributed by atoms with van der Waals surface area (Å²) in [6, 6.07) is 2.28. The summed E-state index contributed by atoms with van der Waals surface area (Å²) in [5.41, 5.74) is 1.51. The topological polar surface area (TPSA) is 0 Å². The zero-order chi connectivity index (χ0) is 6.85. The highest BCUT2D eigenvalue weighted by atomic mass is 32.1. The van der Waals surface area contributed by atoms with Gasteiger partial charge in [0.05, 0.1) is 0 Å². The highest BCUT2D eigenvalue weighted by Gasteiger charge is 1.97. The fourth-order valence-corrected chi connectivity index (χ4v) is 2.05. The van der Waals surface area contributed by atoms with Crippen LogP contribution in [0, 0.1) is 13.8 Å². The summed E-state index contributed by atoms with van der Waals surface area (Å²) in [5.74, 6) is 0. The van der Waals surface area contributed by atoms with Crippen LogP contribution >= 0.6 is 11.3 Å². The lowest BCUT2D eigenvalue weighted by atomic mass is 10.2. The van der Waals surface area contributed by atoms with Gasteiger partial charge in [-0.15, -0.1) is 11.3 Å². The molecule has 0 atom stereocenters. The van der Waals surface area contributed by atoms with Gasteiger partial charge in [-0.3, -0.25) is 0 Å². The average molecular weight is 140 g/mol. The number of hydrogen-bond acceptors (Lipinski definition) is 1. The fourth-order valence-electron chi connectivity index (χ4n) is 1.03. The lowest BCUT2D eigenvalue weighted by molar-refractivity contribution is 1.13. The van der Waals surface area contributed by atoms with Crippen LogP contribution in [-0.2, 0) is 6.42 Å². The second-order valence-corrected chi connectivity index (χ2v) is 3.75. The molecular weight excluding hydrogens is 128 g/mol. The Hall–Kier alpha value is -0.300.